The van der Waals surface area contributed by atoms with E-state index in [-0.39, 0.29) is 29.0 Å². The Morgan fingerprint density at radius 3 is 2.34 bits per heavy atom. The summed E-state index contributed by atoms with van der Waals surface area (Å²) in [6, 6.07) is 10.5. The summed E-state index contributed by atoms with van der Waals surface area (Å²) in [6.07, 6.45) is 1.73. The molecule has 0 saturated carbocycles. The number of carbonyl (C=O) groups excluding carboxylic acids is 1. The molecule has 3 aromatic rings. The molecule has 2 aromatic carbocycles. The monoisotopic (exact) mass is 540 g/mol. The molecular formula is C24H30ClFN4O3S2. The summed E-state index contributed by atoms with van der Waals surface area (Å²) in [4.78, 5) is 22.1. The smallest absolute Gasteiger partial charge is 0.260 e. The number of sulfonamides is 1. The maximum absolute atomic E-state index is 13.7. The number of aromatic nitrogens is 1. The Morgan fingerprint density at radius 2 is 1.71 bits per heavy atom. The van der Waals surface area contributed by atoms with Gasteiger partial charge in [-0.05, 0) is 68.4 Å². The molecule has 7 nitrogen and oxygen atoms in total. The van der Waals surface area contributed by atoms with Crippen molar-refractivity contribution in [2.24, 2.45) is 0 Å². The van der Waals surface area contributed by atoms with E-state index in [0.29, 0.717) is 47.1 Å². The number of amides is 1. The molecule has 1 saturated heterocycles. The number of hydrogen-bond donors (Lipinski definition) is 0. The highest BCUT2D eigenvalue weighted by Crippen LogP contribution is 2.30. The summed E-state index contributed by atoms with van der Waals surface area (Å²) in [5.41, 5.74) is 1.01. The fourth-order valence-corrected chi connectivity index (χ4v) is 6.60. The number of halogens is 2. The van der Waals surface area contributed by atoms with Crippen molar-refractivity contribution in [3.05, 3.63) is 53.8 Å². The number of rotatable bonds is 9. The van der Waals surface area contributed by atoms with E-state index in [0.717, 1.165) is 25.9 Å². The first-order chi connectivity index (χ1) is 16.3. The quantitative estimate of drug-likeness (QED) is 0.395. The van der Waals surface area contributed by atoms with Crippen molar-refractivity contribution < 1.29 is 17.6 Å². The molecule has 0 bridgehead atoms. The van der Waals surface area contributed by atoms with Crippen LogP contribution in [-0.4, -0.2) is 67.8 Å². The molecule has 11 heteroatoms. The molecule has 0 N–H and O–H groups in total. The van der Waals surface area contributed by atoms with Gasteiger partial charge >= 0.3 is 0 Å². The molecule has 0 radical (unpaired) electrons. The zero-order valence-corrected chi connectivity index (χ0v) is 22.3. The van der Waals surface area contributed by atoms with Crippen molar-refractivity contribution in [3.63, 3.8) is 0 Å². The van der Waals surface area contributed by atoms with Gasteiger partial charge in [0.15, 0.2) is 5.13 Å². The van der Waals surface area contributed by atoms with Gasteiger partial charge in [-0.1, -0.05) is 25.2 Å². The molecule has 1 aliphatic heterocycles. The minimum atomic E-state index is -3.55. The number of likely N-dealkylation sites (N-methyl/N-ethyl adjacent to an activating group) is 1. The fraction of sp³-hybridized carbons (Fsp3) is 0.417. The van der Waals surface area contributed by atoms with Gasteiger partial charge in [-0.2, -0.15) is 4.31 Å². The molecule has 2 heterocycles. The van der Waals surface area contributed by atoms with E-state index in [1.165, 1.54) is 39.9 Å². The Bertz CT molecular complexity index is 1260. The Balaban J connectivity index is 0.00000342. The van der Waals surface area contributed by atoms with E-state index in [1.807, 2.05) is 0 Å². The van der Waals surface area contributed by atoms with Crippen molar-refractivity contribution in [2.75, 3.05) is 44.2 Å². The Labute approximate surface area is 216 Å². The highest BCUT2D eigenvalue weighted by Gasteiger charge is 2.28. The van der Waals surface area contributed by atoms with Crippen molar-refractivity contribution in [1.29, 1.82) is 0 Å². The van der Waals surface area contributed by atoms with Crippen molar-refractivity contribution in [2.45, 2.75) is 31.6 Å². The first-order valence-electron chi connectivity index (χ1n) is 11.5. The Morgan fingerprint density at radius 1 is 1.06 bits per heavy atom. The minimum absolute atomic E-state index is 0. The second-order valence-electron chi connectivity index (χ2n) is 8.23. The Hall–Kier alpha value is -2.11. The van der Waals surface area contributed by atoms with E-state index >= 15 is 0 Å². The van der Waals surface area contributed by atoms with E-state index in [1.54, 1.807) is 23.1 Å². The van der Waals surface area contributed by atoms with E-state index in [4.69, 9.17) is 0 Å². The molecule has 1 amide bonds. The molecule has 0 unspecified atom stereocenters. The third-order valence-electron chi connectivity index (χ3n) is 6.15. The molecule has 0 atom stereocenters. The normalized spacial score (nSPS) is 14.4. The van der Waals surface area contributed by atoms with Crippen molar-refractivity contribution >= 4 is 55.0 Å². The first kappa shape index (κ1) is 27.5. The zero-order valence-electron chi connectivity index (χ0n) is 19.8. The maximum atomic E-state index is 13.7. The van der Waals surface area contributed by atoms with Gasteiger partial charge in [-0.15, -0.1) is 12.4 Å². The van der Waals surface area contributed by atoms with Crippen LogP contribution in [0.25, 0.3) is 10.2 Å². The van der Waals surface area contributed by atoms with E-state index < -0.39 is 10.0 Å². The largest absolute Gasteiger partial charge is 0.302 e. The predicted molar refractivity (Wildman–Crippen MR) is 141 cm³/mol. The second-order valence-corrected chi connectivity index (χ2v) is 11.2. The summed E-state index contributed by atoms with van der Waals surface area (Å²) >= 11 is 1.27. The van der Waals surface area contributed by atoms with Gasteiger partial charge in [0, 0.05) is 31.7 Å². The summed E-state index contributed by atoms with van der Waals surface area (Å²) < 4.78 is 41.5. The van der Waals surface area contributed by atoms with Gasteiger partial charge in [0.2, 0.25) is 10.0 Å². The first-order valence-corrected chi connectivity index (χ1v) is 13.8. The van der Waals surface area contributed by atoms with Crippen LogP contribution in [-0.2, 0) is 10.0 Å². The van der Waals surface area contributed by atoms with Gasteiger partial charge in [0.1, 0.15) is 5.82 Å². The van der Waals surface area contributed by atoms with Gasteiger partial charge in [-0.3, -0.25) is 9.69 Å². The lowest BCUT2D eigenvalue weighted by Gasteiger charge is -2.25. The van der Waals surface area contributed by atoms with Gasteiger partial charge in [0.05, 0.1) is 15.1 Å². The van der Waals surface area contributed by atoms with Gasteiger partial charge < -0.3 is 4.90 Å². The fourth-order valence-electron chi connectivity index (χ4n) is 4.07. The molecule has 0 aliphatic carbocycles. The Kier molecular flexibility index (Phi) is 9.22. The average Bonchev–Trinajstić information content (AvgIpc) is 3.52. The molecule has 35 heavy (non-hydrogen) atoms. The van der Waals surface area contributed by atoms with Crippen LogP contribution in [0.2, 0.25) is 0 Å². The van der Waals surface area contributed by atoms with Crippen LogP contribution in [0.1, 0.15) is 37.0 Å². The third-order valence-corrected chi connectivity index (χ3v) is 9.11. The number of anilines is 1. The van der Waals surface area contributed by atoms with Crippen LogP contribution >= 0.6 is 23.7 Å². The van der Waals surface area contributed by atoms with Crippen molar-refractivity contribution in [3.8, 4) is 0 Å². The summed E-state index contributed by atoms with van der Waals surface area (Å²) in [6.45, 7) is 7.96. The summed E-state index contributed by atoms with van der Waals surface area (Å²) in [5.74, 6) is -0.615. The topological polar surface area (TPSA) is 73.8 Å². The van der Waals surface area contributed by atoms with Crippen LogP contribution in [0.4, 0.5) is 9.52 Å². The lowest BCUT2D eigenvalue weighted by atomic mass is 10.2. The van der Waals surface area contributed by atoms with Gasteiger partial charge in [-0.25, -0.2) is 17.8 Å². The summed E-state index contributed by atoms with van der Waals surface area (Å²) in [7, 11) is -3.55. The van der Waals surface area contributed by atoms with E-state index in [9.17, 15) is 17.6 Å². The summed E-state index contributed by atoms with van der Waals surface area (Å²) in [5, 5.41) is 0.492. The standard InChI is InChI=1S/C24H29FN4O3S2.ClH/c1-3-27(4-2)15-16-29(24-26-21-12-9-19(25)17-22(21)33-24)23(30)18-7-10-20(11-8-18)34(31,32)28-13-5-6-14-28;/h7-12,17H,3-6,13-16H2,1-2H3;1H. The molecule has 1 aliphatic rings. The van der Waals surface area contributed by atoms with Gasteiger partial charge in [0.25, 0.3) is 5.91 Å². The average molecular weight is 541 g/mol. The molecule has 4 rings (SSSR count). The highest BCUT2D eigenvalue weighted by atomic mass is 35.5. The maximum Gasteiger partial charge on any atom is 0.260 e. The van der Waals surface area contributed by atoms with Crippen LogP contribution in [0.15, 0.2) is 47.4 Å². The predicted octanol–water partition coefficient (Wildman–Crippen LogP) is 4.63. The molecule has 190 valence electrons. The van der Waals surface area contributed by atoms with Crippen LogP contribution in [0.5, 0.6) is 0 Å². The highest BCUT2D eigenvalue weighted by molar-refractivity contribution is 7.89. The van der Waals surface area contributed by atoms with Crippen molar-refractivity contribution in [1.82, 2.24) is 14.2 Å². The second kappa shape index (κ2) is 11.7. The number of benzene rings is 2. The molecule has 1 fully saturated rings. The number of thiazole rings is 1. The number of fused-ring (bicyclic) bond motifs is 1. The van der Waals surface area contributed by atoms with Crippen LogP contribution in [0.3, 0.4) is 0 Å². The minimum Gasteiger partial charge on any atom is -0.302 e. The molecular weight excluding hydrogens is 511 g/mol. The molecule has 0 spiro atoms. The SMILES string of the molecule is CCN(CC)CCN(C(=O)c1ccc(S(=O)(=O)N2CCCC2)cc1)c1nc2ccc(F)cc2s1.Cl. The number of nitrogens with zero attached hydrogens (tertiary/aromatic N) is 4. The van der Waals surface area contributed by atoms with E-state index in [2.05, 4.69) is 23.7 Å². The lowest BCUT2D eigenvalue weighted by molar-refractivity contribution is 0.0983. The van der Waals surface area contributed by atoms with Crippen LogP contribution in [0, 0.1) is 5.82 Å². The third kappa shape index (κ3) is 6.00. The zero-order chi connectivity index (χ0) is 24.3. The van der Waals surface area contributed by atoms with Crippen LogP contribution < -0.4 is 4.90 Å². The lowest BCUT2D eigenvalue weighted by Crippen LogP contribution is -2.38. The number of hydrogen-bond acceptors (Lipinski definition) is 6. The number of carbonyl (C=O) groups is 1. The molecule has 1 aromatic heterocycles.